The van der Waals surface area contributed by atoms with Gasteiger partial charge in [0.1, 0.15) is 0 Å². The molecule has 6 nitrogen and oxygen atoms in total. The predicted molar refractivity (Wildman–Crippen MR) is 77.8 cm³/mol. The first-order chi connectivity index (χ1) is 9.00. The van der Waals surface area contributed by atoms with Crippen LogP contribution in [-0.2, 0) is 10.2 Å². The normalized spacial score (nSPS) is 16.7. The minimum atomic E-state index is -3.47. The topological polar surface area (TPSA) is 64.7 Å². The van der Waals surface area contributed by atoms with Gasteiger partial charge in [-0.1, -0.05) is 12.1 Å². The summed E-state index contributed by atoms with van der Waals surface area (Å²) < 4.78 is 27.6. The molecule has 0 aliphatic carbocycles. The van der Waals surface area contributed by atoms with Gasteiger partial charge in [-0.05, 0) is 12.1 Å². The molecule has 2 N–H and O–H groups in total. The fraction of sp³-hybridized carbons (Fsp3) is 0.500. The summed E-state index contributed by atoms with van der Waals surface area (Å²) in [4.78, 5) is 2.18. The predicted octanol–water partition coefficient (Wildman–Crippen LogP) is 0.314. The molecule has 0 spiro atoms. The molecule has 0 unspecified atom stereocenters. The summed E-state index contributed by atoms with van der Waals surface area (Å²) in [6, 6.07) is 7.49. The molecule has 2 rings (SSSR count). The van der Waals surface area contributed by atoms with Crippen LogP contribution in [0.2, 0.25) is 0 Å². The highest BCUT2D eigenvalue weighted by Crippen LogP contribution is 2.26. The van der Waals surface area contributed by atoms with E-state index in [1.165, 1.54) is 18.4 Å². The van der Waals surface area contributed by atoms with Gasteiger partial charge >= 0.3 is 10.2 Å². The van der Waals surface area contributed by atoms with Crippen LogP contribution in [0.1, 0.15) is 0 Å². The van der Waals surface area contributed by atoms with Crippen molar-refractivity contribution in [2.45, 2.75) is 0 Å². The Hall–Kier alpha value is -1.31. The monoisotopic (exact) mass is 284 g/mol. The van der Waals surface area contributed by atoms with Gasteiger partial charge in [0.15, 0.2) is 0 Å². The summed E-state index contributed by atoms with van der Waals surface area (Å²) in [6.07, 6.45) is 0. The molecule has 0 radical (unpaired) electrons. The molecule has 0 amide bonds. The maximum atomic E-state index is 11.9. The Morgan fingerprint density at radius 1 is 1.21 bits per heavy atom. The molecule has 1 heterocycles. The van der Waals surface area contributed by atoms with Gasteiger partial charge in [0.25, 0.3) is 0 Å². The highest BCUT2D eigenvalue weighted by molar-refractivity contribution is 7.90. The first-order valence-electron chi connectivity index (χ1n) is 6.25. The van der Waals surface area contributed by atoms with Crippen LogP contribution in [0.15, 0.2) is 24.3 Å². The highest BCUT2D eigenvalue weighted by Gasteiger charge is 2.18. The molecule has 0 bridgehead atoms. The van der Waals surface area contributed by atoms with E-state index in [1.807, 2.05) is 18.2 Å². The Bertz CT molecular complexity index is 524. The Labute approximate surface area is 114 Å². The number of benzene rings is 1. The molecule has 106 valence electrons. The number of hydrogen-bond acceptors (Lipinski definition) is 4. The highest BCUT2D eigenvalue weighted by atomic mass is 32.2. The summed E-state index contributed by atoms with van der Waals surface area (Å²) >= 11 is 0. The maximum absolute atomic E-state index is 11.9. The van der Waals surface area contributed by atoms with E-state index in [4.69, 9.17) is 0 Å². The maximum Gasteiger partial charge on any atom is 0.301 e. The molecule has 1 saturated heterocycles. The Morgan fingerprint density at radius 2 is 1.84 bits per heavy atom. The molecule has 1 fully saturated rings. The summed E-state index contributed by atoms with van der Waals surface area (Å²) in [5.41, 5.74) is 1.55. The third-order valence-corrected chi connectivity index (χ3v) is 4.52. The largest absolute Gasteiger partial charge is 0.367 e. The van der Waals surface area contributed by atoms with Crippen LogP contribution in [0.3, 0.4) is 0 Å². The van der Waals surface area contributed by atoms with E-state index >= 15 is 0 Å². The number of nitrogens with zero attached hydrogens (tertiary/aromatic N) is 2. The first kappa shape index (κ1) is 14.1. The standard InChI is InChI=1S/C12H20N4O2S/c1-15(2)19(17,18)14-11-5-3-4-6-12(11)16-9-7-13-8-10-16/h3-6,13-14H,7-10H2,1-2H3. The van der Waals surface area contributed by atoms with Crippen LogP contribution in [0.25, 0.3) is 0 Å². The van der Waals surface area contributed by atoms with Crippen LogP contribution in [-0.4, -0.2) is 53.0 Å². The summed E-state index contributed by atoms with van der Waals surface area (Å²) in [6.45, 7) is 3.57. The third-order valence-electron chi connectivity index (χ3n) is 3.08. The van der Waals surface area contributed by atoms with Crippen molar-refractivity contribution < 1.29 is 8.42 Å². The summed E-state index contributed by atoms with van der Waals surface area (Å²) in [5, 5.41) is 3.28. The van der Waals surface area contributed by atoms with Crippen LogP contribution in [0.5, 0.6) is 0 Å². The van der Waals surface area contributed by atoms with Gasteiger partial charge in [-0.25, -0.2) is 0 Å². The van der Waals surface area contributed by atoms with Gasteiger partial charge in [0, 0.05) is 40.3 Å². The second-order valence-corrected chi connectivity index (χ2v) is 6.53. The Kier molecular flexibility index (Phi) is 4.28. The molecule has 1 aliphatic rings. The number of hydrogen-bond donors (Lipinski definition) is 2. The van der Waals surface area contributed by atoms with Crippen molar-refractivity contribution in [3.8, 4) is 0 Å². The van der Waals surface area contributed by atoms with Crippen molar-refractivity contribution in [2.75, 3.05) is 49.9 Å². The molecule has 1 aromatic rings. The van der Waals surface area contributed by atoms with Crippen LogP contribution < -0.4 is 14.9 Å². The molecule has 1 aromatic carbocycles. The molecule has 0 atom stereocenters. The minimum absolute atomic E-state index is 0.623. The van der Waals surface area contributed by atoms with E-state index in [0.29, 0.717) is 5.69 Å². The van der Waals surface area contributed by atoms with Crippen molar-refractivity contribution in [3.05, 3.63) is 24.3 Å². The Morgan fingerprint density at radius 3 is 2.47 bits per heavy atom. The fourth-order valence-electron chi connectivity index (χ4n) is 1.97. The smallest absolute Gasteiger partial charge is 0.301 e. The molecule has 0 aromatic heterocycles. The van der Waals surface area contributed by atoms with E-state index in [1.54, 1.807) is 6.07 Å². The van der Waals surface area contributed by atoms with E-state index < -0.39 is 10.2 Å². The SMILES string of the molecule is CN(C)S(=O)(=O)Nc1ccccc1N1CCNCC1. The number of nitrogens with one attached hydrogen (secondary N) is 2. The number of anilines is 2. The Balaban J connectivity index is 2.26. The van der Waals surface area contributed by atoms with Crippen molar-refractivity contribution >= 4 is 21.6 Å². The van der Waals surface area contributed by atoms with E-state index in [-0.39, 0.29) is 0 Å². The number of para-hydroxylation sites is 2. The van der Waals surface area contributed by atoms with Gasteiger partial charge < -0.3 is 10.2 Å². The van der Waals surface area contributed by atoms with E-state index in [9.17, 15) is 8.42 Å². The fourth-order valence-corrected chi connectivity index (χ4v) is 2.60. The lowest BCUT2D eigenvalue weighted by molar-refractivity contribution is 0.526. The zero-order valence-corrected chi connectivity index (χ0v) is 12.1. The second kappa shape index (κ2) is 5.77. The quantitative estimate of drug-likeness (QED) is 0.835. The lowest BCUT2D eigenvalue weighted by Gasteiger charge is -2.31. The summed E-state index contributed by atoms with van der Waals surface area (Å²) in [5.74, 6) is 0. The molecule has 1 aliphatic heterocycles. The van der Waals surface area contributed by atoms with Gasteiger partial charge in [-0.15, -0.1) is 0 Å². The first-order valence-corrected chi connectivity index (χ1v) is 7.70. The molecule has 0 saturated carbocycles. The van der Waals surface area contributed by atoms with Gasteiger partial charge in [-0.3, -0.25) is 4.72 Å². The molecular formula is C12H20N4O2S. The molecular weight excluding hydrogens is 264 g/mol. The van der Waals surface area contributed by atoms with Crippen LogP contribution in [0, 0.1) is 0 Å². The van der Waals surface area contributed by atoms with Crippen molar-refractivity contribution in [1.82, 2.24) is 9.62 Å². The lowest BCUT2D eigenvalue weighted by atomic mass is 10.2. The average Bonchev–Trinajstić information content (AvgIpc) is 2.40. The van der Waals surface area contributed by atoms with Gasteiger partial charge in [0.2, 0.25) is 0 Å². The van der Waals surface area contributed by atoms with Crippen LogP contribution in [0.4, 0.5) is 11.4 Å². The zero-order valence-electron chi connectivity index (χ0n) is 11.3. The van der Waals surface area contributed by atoms with Crippen LogP contribution >= 0.6 is 0 Å². The van der Waals surface area contributed by atoms with Gasteiger partial charge in [0.05, 0.1) is 11.4 Å². The molecule has 19 heavy (non-hydrogen) atoms. The van der Waals surface area contributed by atoms with Crippen molar-refractivity contribution in [2.24, 2.45) is 0 Å². The number of piperazine rings is 1. The minimum Gasteiger partial charge on any atom is -0.367 e. The van der Waals surface area contributed by atoms with E-state index in [0.717, 1.165) is 31.9 Å². The van der Waals surface area contributed by atoms with Crippen molar-refractivity contribution in [1.29, 1.82) is 0 Å². The molecule has 7 heteroatoms. The number of rotatable bonds is 4. The van der Waals surface area contributed by atoms with E-state index in [2.05, 4.69) is 14.9 Å². The summed E-state index contributed by atoms with van der Waals surface area (Å²) in [7, 11) is -0.452. The lowest BCUT2D eigenvalue weighted by Crippen LogP contribution is -2.44. The average molecular weight is 284 g/mol. The zero-order chi connectivity index (χ0) is 13.9. The van der Waals surface area contributed by atoms with Gasteiger partial charge in [-0.2, -0.15) is 12.7 Å². The second-order valence-electron chi connectivity index (χ2n) is 4.64. The third kappa shape index (κ3) is 3.37. The van der Waals surface area contributed by atoms with Crippen molar-refractivity contribution in [3.63, 3.8) is 0 Å².